The van der Waals surface area contributed by atoms with Gasteiger partial charge in [-0.2, -0.15) is 0 Å². The summed E-state index contributed by atoms with van der Waals surface area (Å²) in [5, 5.41) is 13.4. The minimum Gasteiger partial charge on any atom is -0.375 e. The molecular weight excluding hydrogens is 226 g/mol. The van der Waals surface area contributed by atoms with E-state index in [0.29, 0.717) is 11.3 Å². The van der Waals surface area contributed by atoms with E-state index in [9.17, 15) is 9.90 Å². The topological polar surface area (TPSA) is 49.3 Å². The molecule has 2 aromatic carbocycles. The van der Waals surface area contributed by atoms with E-state index in [1.54, 1.807) is 12.1 Å². The molecule has 3 rings (SSSR count). The fraction of sp³-hybridized carbons (Fsp3) is 0.133. The van der Waals surface area contributed by atoms with Crippen LogP contribution in [0.25, 0.3) is 0 Å². The molecule has 3 nitrogen and oxygen atoms in total. The van der Waals surface area contributed by atoms with Gasteiger partial charge in [-0.25, -0.2) is 0 Å². The number of nitrogens with one attached hydrogen (secondary N) is 1. The Labute approximate surface area is 105 Å². The van der Waals surface area contributed by atoms with Crippen LogP contribution >= 0.6 is 0 Å². The van der Waals surface area contributed by atoms with Crippen LogP contribution in [0.5, 0.6) is 0 Å². The molecule has 1 aliphatic rings. The van der Waals surface area contributed by atoms with Gasteiger partial charge in [0, 0.05) is 17.7 Å². The molecule has 3 heteroatoms. The number of rotatable bonds is 2. The maximum Gasteiger partial charge on any atom is 0.261 e. The second-order valence-corrected chi connectivity index (χ2v) is 4.52. The van der Waals surface area contributed by atoms with E-state index in [1.807, 2.05) is 42.5 Å². The van der Waals surface area contributed by atoms with E-state index < -0.39 is 5.60 Å². The molecule has 0 radical (unpaired) electrons. The molecule has 0 saturated carbocycles. The average Bonchev–Trinajstić information content (AvgIpc) is 2.63. The van der Waals surface area contributed by atoms with Crippen molar-refractivity contribution in [3.63, 3.8) is 0 Å². The van der Waals surface area contributed by atoms with Crippen LogP contribution in [0.4, 0.5) is 5.69 Å². The van der Waals surface area contributed by atoms with E-state index in [-0.39, 0.29) is 12.3 Å². The van der Waals surface area contributed by atoms with Gasteiger partial charge in [0.2, 0.25) is 0 Å². The number of anilines is 1. The minimum atomic E-state index is -1.46. The minimum absolute atomic E-state index is 0.288. The molecule has 18 heavy (non-hydrogen) atoms. The van der Waals surface area contributed by atoms with E-state index in [2.05, 4.69) is 5.32 Å². The predicted octanol–water partition coefficient (Wildman–Crippen LogP) is 2.07. The van der Waals surface area contributed by atoms with Crippen molar-refractivity contribution in [2.75, 3.05) is 5.32 Å². The highest BCUT2D eigenvalue weighted by Crippen LogP contribution is 2.37. The smallest absolute Gasteiger partial charge is 0.261 e. The van der Waals surface area contributed by atoms with E-state index in [0.717, 1.165) is 5.56 Å². The van der Waals surface area contributed by atoms with E-state index >= 15 is 0 Å². The van der Waals surface area contributed by atoms with Crippen LogP contribution in [0.3, 0.4) is 0 Å². The van der Waals surface area contributed by atoms with Gasteiger partial charge in [0.15, 0.2) is 5.60 Å². The Bertz CT molecular complexity index is 594. The van der Waals surface area contributed by atoms with Crippen molar-refractivity contribution in [3.05, 3.63) is 65.7 Å². The lowest BCUT2D eigenvalue weighted by Crippen LogP contribution is -2.36. The van der Waals surface area contributed by atoms with Gasteiger partial charge in [-0.3, -0.25) is 4.79 Å². The lowest BCUT2D eigenvalue weighted by Gasteiger charge is -2.20. The molecular formula is C15H13NO2. The molecule has 1 aliphatic heterocycles. The first-order chi connectivity index (χ1) is 8.70. The first-order valence-electron chi connectivity index (χ1n) is 5.87. The van der Waals surface area contributed by atoms with Crippen molar-refractivity contribution < 1.29 is 9.90 Å². The van der Waals surface area contributed by atoms with E-state index in [4.69, 9.17) is 0 Å². The molecule has 2 aromatic rings. The molecule has 1 atom stereocenters. The Morgan fingerprint density at radius 1 is 1.00 bits per heavy atom. The standard InChI is InChI=1S/C15H13NO2/c17-14-15(18,10-11-6-2-1-3-7-11)12-8-4-5-9-13(12)16-14/h1-9,18H,10H2,(H,16,17)/t15-/m0/s1. The first kappa shape index (κ1) is 11.0. The van der Waals surface area contributed by atoms with Gasteiger partial charge in [-0.15, -0.1) is 0 Å². The zero-order chi connectivity index (χ0) is 12.6. The van der Waals surface area contributed by atoms with Gasteiger partial charge in [-0.1, -0.05) is 48.5 Å². The Balaban J connectivity index is 2.02. The Morgan fingerprint density at radius 2 is 1.67 bits per heavy atom. The fourth-order valence-electron chi connectivity index (χ4n) is 2.37. The normalized spacial score (nSPS) is 21.5. The van der Waals surface area contributed by atoms with Crippen LogP contribution in [-0.2, 0) is 16.8 Å². The molecule has 0 aromatic heterocycles. The SMILES string of the molecule is O=C1Nc2ccccc2[C@@]1(O)Cc1ccccc1. The molecule has 1 amide bonds. The highest BCUT2D eigenvalue weighted by atomic mass is 16.3. The average molecular weight is 239 g/mol. The third-order valence-corrected chi connectivity index (χ3v) is 3.30. The number of hydrogen-bond donors (Lipinski definition) is 2. The van der Waals surface area contributed by atoms with Crippen molar-refractivity contribution >= 4 is 11.6 Å². The van der Waals surface area contributed by atoms with Gasteiger partial charge in [-0.05, 0) is 11.6 Å². The zero-order valence-corrected chi connectivity index (χ0v) is 9.76. The maximum atomic E-state index is 12.0. The number of carbonyl (C=O) groups is 1. The third-order valence-electron chi connectivity index (χ3n) is 3.30. The summed E-state index contributed by atoms with van der Waals surface area (Å²) in [6.45, 7) is 0. The van der Waals surface area contributed by atoms with Crippen molar-refractivity contribution in [1.29, 1.82) is 0 Å². The highest BCUT2D eigenvalue weighted by Gasteiger charge is 2.44. The number of fused-ring (bicyclic) bond motifs is 1. The number of amides is 1. The zero-order valence-electron chi connectivity index (χ0n) is 9.76. The van der Waals surface area contributed by atoms with Crippen LogP contribution in [0.1, 0.15) is 11.1 Å². The van der Waals surface area contributed by atoms with E-state index in [1.165, 1.54) is 0 Å². The van der Waals surface area contributed by atoms with Crippen LogP contribution in [0.2, 0.25) is 0 Å². The summed E-state index contributed by atoms with van der Waals surface area (Å²) >= 11 is 0. The summed E-state index contributed by atoms with van der Waals surface area (Å²) in [5.74, 6) is -0.354. The lowest BCUT2D eigenvalue weighted by atomic mass is 9.88. The Morgan fingerprint density at radius 3 is 2.44 bits per heavy atom. The number of benzene rings is 2. The molecule has 90 valence electrons. The number of carbonyl (C=O) groups excluding carboxylic acids is 1. The van der Waals surface area contributed by atoms with Crippen molar-refractivity contribution in [2.45, 2.75) is 12.0 Å². The van der Waals surface area contributed by atoms with Gasteiger partial charge < -0.3 is 10.4 Å². The lowest BCUT2D eigenvalue weighted by molar-refractivity contribution is -0.133. The summed E-state index contributed by atoms with van der Waals surface area (Å²) in [6.07, 6.45) is 0.288. The summed E-state index contributed by atoms with van der Waals surface area (Å²) in [7, 11) is 0. The molecule has 1 heterocycles. The summed E-state index contributed by atoms with van der Waals surface area (Å²) < 4.78 is 0. The predicted molar refractivity (Wildman–Crippen MR) is 69.1 cm³/mol. The number of para-hydroxylation sites is 1. The van der Waals surface area contributed by atoms with Crippen molar-refractivity contribution in [2.24, 2.45) is 0 Å². The number of aliphatic hydroxyl groups is 1. The van der Waals surface area contributed by atoms with Gasteiger partial charge in [0.1, 0.15) is 0 Å². The third kappa shape index (κ3) is 1.60. The van der Waals surface area contributed by atoms with Crippen LogP contribution in [0, 0.1) is 0 Å². The molecule has 2 N–H and O–H groups in total. The molecule has 0 saturated heterocycles. The monoisotopic (exact) mass is 239 g/mol. The Hall–Kier alpha value is -2.13. The summed E-state index contributed by atoms with van der Waals surface area (Å²) in [6, 6.07) is 16.8. The molecule has 0 fully saturated rings. The van der Waals surface area contributed by atoms with Crippen molar-refractivity contribution in [3.8, 4) is 0 Å². The second kappa shape index (κ2) is 3.96. The van der Waals surface area contributed by atoms with Crippen LogP contribution in [0.15, 0.2) is 54.6 Å². The highest BCUT2D eigenvalue weighted by molar-refractivity contribution is 6.05. The molecule has 0 unspecified atom stereocenters. The van der Waals surface area contributed by atoms with Gasteiger partial charge >= 0.3 is 0 Å². The largest absolute Gasteiger partial charge is 0.375 e. The molecule has 0 spiro atoms. The quantitative estimate of drug-likeness (QED) is 0.842. The first-order valence-corrected chi connectivity index (χ1v) is 5.87. The van der Waals surface area contributed by atoms with Gasteiger partial charge in [0.05, 0.1) is 0 Å². The Kier molecular flexibility index (Phi) is 2.42. The number of hydrogen-bond acceptors (Lipinski definition) is 2. The fourth-order valence-corrected chi connectivity index (χ4v) is 2.37. The summed E-state index contributed by atoms with van der Waals surface area (Å²) in [5.41, 5.74) is 0.824. The summed E-state index contributed by atoms with van der Waals surface area (Å²) in [4.78, 5) is 12.0. The van der Waals surface area contributed by atoms with Crippen LogP contribution < -0.4 is 5.32 Å². The van der Waals surface area contributed by atoms with Crippen molar-refractivity contribution in [1.82, 2.24) is 0 Å². The maximum absolute atomic E-state index is 12.0. The second-order valence-electron chi connectivity index (χ2n) is 4.52. The molecule has 0 aliphatic carbocycles. The molecule has 0 bridgehead atoms. The van der Waals surface area contributed by atoms with Crippen LogP contribution in [-0.4, -0.2) is 11.0 Å². The van der Waals surface area contributed by atoms with Gasteiger partial charge in [0.25, 0.3) is 5.91 Å².